The Morgan fingerprint density at radius 3 is 2.68 bits per heavy atom. The predicted octanol–water partition coefficient (Wildman–Crippen LogP) is 2.08. The van der Waals surface area contributed by atoms with Crippen molar-refractivity contribution >= 4 is 17.9 Å². The van der Waals surface area contributed by atoms with E-state index in [1.54, 1.807) is 12.2 Å². The molecule has 0 radical (unpaired) electrons. The summed E-state index contributed by atoms with van der Waals surface area (Å²) in [5, 5.41) is 0. The van der Waals surface area contributed by atoms with E-state index < -0.39 is 24.1 Å². The van der Waals surface area contributed by atoms with Gasteiger partial charge in [0.05, 0.1) is 0 Å². The van der Waals surface area contributed by atoms with E-state index in [-0.39, 0.29) is 12.1 Å². The molecule has 22 heavy (non-hydrogen) atoms. The molecule has 0 aromatic heterocycles. The van der Waals surface area contributed by atoms with Gasteiger partial charge in [-0.3, -0.25) is 9.59 Å². The van der Waals surface area contributed by atoms with Gasteiger partial charge < -0.3 is 14.2 Å². The van der Waals surface area contributed by atoms with Crippen LogP contribution in [0.4, 0.5) is 0 Å². The molecule has 3 atom stereocenters. The lowest BCUT2D eigenvalue weighted by Gasteiger charge is -2.25. The molecule has 0 saturated heterocycles. The maximum Gasteiger partial charge on any atom is 0.331 e. The molecule has 0 N–H and O–H groups in total. The van der Waals surface area contributed by atoms with Crippen molar-refractivity contribution in [3.63, 3.8) is 0 Å². The van der Waals surface area contributed by atoms with E-state index in [4.69, 9.17) is 14.2 Å². The Hall–Kier alpha value is -2.11. The second-order valence-electron chi connectivity index (χ2n) is 5.01. The number of unbranched alkanes of at least 4 members (excludes halogenated alkanes) is 1. The first-order valence-electron chi connectivity index (χ1n) is 7.34. The topological polar surface area (TPSA) is 78.9 Å². The fraction of sp³-hybridized carbons (Fsp3) is 0.562. The molecule has 1 aliphatic rings. The fourth-order valence-corrected chi connectivity index (χ4v) is 2.02. The molecule has 0 bridgehead atoms. The van der Waals surface area contributed by atoms with Crippen LogP contribution < -0.4 is 0 Å². The molecule has 0 fully saturated rings. The molecule has 6 nitrogen and oxygen atoms in total. The molecular weight excluding hydrogens is 288 g/mol. The quantitative estimate of drug-likeness (QED) is 0.407. The van der Waals surface area contributed by atoms with Crippen LogP contribution in [0.5, 0.6) is 0 Å². The summed E-state index contributed by atoms with van der Waals surface area (Å²) in [7, 11) is 0. The van der Waals surface area contributed by atoms with Crippen LogP contribution >= 0.6 is 0 Å². The van der Waals surface area contributed by atoms with E-state index in [1.807, 2.05) is 6.92 Å². The third kappa shape index (κ3) is 6.56. The molecule has 0 amide bonds. The first-order chi connectivity index (χ1) is 10.4. The number of cyclic esters (lactones) is 1. The Bertz CT molecular complexity index is 465. The van der Waals surface area contributed by atoms with Crippen molar-refractivity contribution in [3.8, 4) is 0 Å². The summed E-state index contributed by atoms with van der Waals surface area (Å²) in [5.41, 5.74) is 0. The highest BCUT2D eigenvalue weighted by molar-refractivity contribution is 5.83. The van der Waals surface area contributed by atoms with Crippen LogP contribution in [0.2, 0.25) is 0 Å². The highest BCUT2D eigenvalue weighted by atomic mass is 16.6. The highest BCUT2D eigenvalue weighted by Crippen LogP contribution is 2.16. The van der Waals surface area contributed by atoms with Gasteiger partial charge in [-0.25, -0.2) is 4.79 Å². The minimum Gasteiger partial charge on any atom is -0.458 e. The van der Waals surface area contributed by atoms with Gasteiger partial charge in [0.2, 0.25) is 0 Å². The Balaban J connectivity index is 2.75. The zero-order valence-electron chi connectivity index (χ0n) is 13.1. The Labute approximate surface area is 130 Å². The molecular formula is C16H22O6. The molecule has 0 spiro atoms. The molecule has 1 aliphatic heterocycles. The van der Waals surface area contributed by atoms with Gasteiger partial charge in [-0.2, -0.15) is 0 Å². The lowest BCUT2D eigenvalue weighted by molar-refractivity contribution is -0.158. The van der Waals surface area contributed by atoms with Gasteiger partial charge in [-0.1, -0.05) is 13.3 Å². The average molecular weight is 310 g/mol. The van der Waals surface area contributed by atoms with Gasteiger partial charge in [-0.15, -0.1) is 0 Å². The van der Waals surface area contributed by atoms with E-state index in [0.717, 1.165) is 12.8 Å². The minimum atomic E-state index is -0.721. The number of hydrogen-bond acceptors (Lipinski definition) is 6. The van der Waals surface area contributed by atoms with E-state index in [9.17, 15) is 14.4 Å². The van der Waals surface area contributed by atoms with E-state index in [2.05, 4.69) is 0 Å². The van der Waals surface area contributed by atoms with Crippen LogP contribution in [0.15, 0.2) is 24.3 Å². The van der Waals surface area contributed by atoms with Crippen molar-refractivity contribution in [2.75, 3.05) is 0 Å². The molecule has 3 unspecified atom stereocenters. The normalized spacial score (nSPS) is 22.2. The first-order valence-corrected chi connectivity index (χ1v) is 7.34. The van der Waals surface area contributed by atoms with E-state index in [0.29, 0.717) is 6.42 Å². The van der Waals surface area contributed by atoms with Crippen LogP contribution in [0.3, 0.4) is 0 Å². The van der Waals surface area contributed by atoms with Crippen molar-refractivity contribution < 1.29 is 28.6 Å². The third-order valence-electron chi connectivity index (χ3n) is 2.98. The fourth-order valence-electron chi connectivity index (χ4n) is 2.02. The smallest absolute Gasteiger partial charge is 0.331 e. The van der Waals surface area contributed by atoms with E-state index in [1.165, 1.54) is 26.0 Å². The highest BCUT2D eigenvalue weighted by Gasteiger charge is 2.27. The van der Waals surface area contributed by atoms with Crippen molar-refractivity contribution in [1.29, 1.82) is 0 Å². The lowest BCUT2D eigenvalue weighted by Crippen LogP contribution is -2.35. The summed E-state index contributed by atoms with van der Waals surface area (Å²) in [6.45, 7) is 4.67. The number of esters is 3. The zero-order chi connectivity index (χ0) is 16.5. The summed E-state index contributed by atoms with van der Waals surface area (Å²) in [6, 6.07) is 0. The summed E-state index contributed by atoms with van der Waals surface area (Å²) >= 11 is 0. The molecule has 0 saturated carbocycles. The maximum absolute atomic E-state index is 11.3. The lowest BCUT2D eigenvalue weighted by atomic mass is 10.1. The minimum absolute atomic E-state index is 0.372. The number of carbonyl (C=O) groups is 3. The van der Waals surface area contributed by atoms with Crippen molar-refractivity contribution in [2.24, 2.45) is 0 Å². The monoisotopic (exact) mass is 310 g/mol. The van der Waals surface area contributed by atoms with Gasteiger partial charge in [0.1, 0.15) is 6.10 Å². The number of ether oxygens (including phenoxy) is 3. The van der Waals surface area contributed by atoms with Crippen LogP contribution in [-0.4, -0.2) is 36.2 Å². The predicted molar refractivity (Wildman–Crippen MR) is 78.8 cm³/mol. The largest absolute Gasteiger partial charge is 0.458 e. The first kappa shape index (κ1) is 17.9. The average Bonchev–Trinajstić information content (AvgIpc) is 2.43. The molecule has 1 rings (SSSR count). The summed E-state index contributed by atoms with van der Waals surface area (Å²) in [5.74, 6) is -1.34. The van der Waals surface area contributed by atoms with Crippen molar-refractivity contribution in [3.05, 3.63) is 24.3 Å². The van der Waals surface area contributed by atoms with Crippen molar-refractivity contribution in [2.45, 2.75) is 58.3 Å². The van der Waals surface area contributed by atoms with Gasteiger partial charge in [0, 0.05) is 19.9 Å². The molecule has 0 aliphatic carbocycles. The van der Waals surface area contributed by atoms with Gasteiger partial charge in [0.15, 0.2) is 12.2 Å². The summed E-state index contributed by atoms with van der Waals surface area (Å²) in [6.07, 6.45) is 6.75. The second-order valence-corrected chi connectivity index (χ2v) is 5.01. The summed E-state index contributed by atoms with van der Waals surface area (Å²) in [4.78, 5) is 33.5. The SMILES string of the molecule is CCCCC(C=CC1OC(=O)C=CC1OC(C)=O)OC(C)=O. The standard InChI is InChI=1S/C16H22O6/c1-4-5-6-13(20-11(2)17)7-8-15-14(21-12(3)18)9-10-16(19)22-15/h7-10,13-15H,4-6H2,1-3H3. The third-order valence-corrected chi connectivity index (χ3v) is 2.98. The van der Waals surface area contributed by atoms with Crippen LogP contribution in [0.25, 0.3) is 0 Å². The Morgan fingerprint density at radius 1 is 1.36 bits per heavy atom. The van der Waals surface area contributed by atoms with Crippen LogP contribution in [0.1, 0.15) is 40.0 Å². The summed E-state index contributed by atoms with van der Waals surface area (Å²) < 4.78 is 15.4. The van der Waals surface area contributed by atoms with Crippen LogP contribution in [-0.2, 0) is 28.6 Å². The Kier molecular flexibility index (Phi) is 7.36. The molecule has 6 heteroatoms. The molecule has 0 aromatic carbocycles. The van der Waals surface area contributed by atoms with Gasteiger partial charge in [-0.05, 0) is 31.1 Å². The molecule has 0 aromatic rings. The van der Waals surface area contributed by atoms with Gasteiger partial charge in [0.25, 0.3) is 0 Å². The molecule has 1 heterocycles. The number of hydrogen-bond donors (Lipinski definition) is 0. The van der Waals surface area contributed by atoms with E-state index >= 15 is 0 Å². The Morgan fingerprint density at radius 2 is 2.09 bits per heavy atom. The molecule has 122 valence electrons. The zero-order valence-corrected chi connectivity index (χ0v) is 13.1. The maximum atomic E-state index is 11.3. The van der Waals surface area contributed by atoms with Gasteiger partial charge >= 0.3 is 17.9 Å². The number of carbonyl (C=O) groups excluding carboxylic acids is 3. The van der Waals surface area contributed by atoms with Crippen LogP contribution in [0, 0.1) is 0 Å². The second kappa shape index (κ2) is 9.02. The number of rotatable bonds is 7. The van der Waals surface area contributed by atoms with Crippen molar-refractivity contribution in [1.82, 2.24) is 0 Å².